The number of fused-ring (bicyclic) bond motifs is 1. The van der Waals surface area contributed by atoms with Crippen LogP contribution in [0.3, 0.4) is 0 Å². The molecule has 1 heterocycles. The standard InChI is InChI=1S/C13H17N3O.2C2H6/c1-9-11-6-5-10(17-4)7-12(11)15-13(14-9)8-16(2)3;2*1-2/h5-7H,8H2,1-4H3;2*1-2H3. The Kier molecular flexibility index (Phi) is 9.30. The van der Waals surface area contributed by atoms with E-state index in [2.05, 4.69) is 14.9 Å². The van der Waals surface area contributed by atoms with Crippen LogP contribution in [-0.4, -0.2) is 36.1 Å². The van der Waals surface area contributed by atoms with Gasteiger partial charge in [0.1, 0.15) is 11.6 Å². The lowest BCUT2D eigenvalue weighted by atomic mass is 10.2. The van der Waals surface area contributed by atoms with Crippen molar-refractivity contribution in [2.75, 3.05) is 21.2 Å². The van der Waals surface area contributed by atoms with Crippen molar-refractivity contribution >= 4 is 10.9 Å². The fraction of sp³-hybridized carbons (Fsp3) is 0.529. The summed E-state index contributed by atoms with van der Waals surface area (Å²) in [6, 6.07) is 5.89. The number of hydrogen-bond donors (Lipinski definition) is 0. The highest BCUT2D eigenvalue weighted by atomic mass is 16.5. The fourth-order valence-electron chi connectivity index (χ4n) is 1.81. The molecule has 118 valence electrons. The molecule has 0 spiro atoms. The number of rotatable bonds is 3. The van der Waals surface area contributed by atoms with Crippen LogP contribution in [0.4, 0.5) is 0 Å². The van der Waals surface area contributed by atoms with Crippen LogP contribution in [0.5, 0.6) is 5.75 Å². The van der Waals surface area contributed by atoms with Gasteiger partial charge in [0, 0.05) is 17.1 Å². The van der Waals surface area contributed by atoms with Crippen LogP contribution in [0.25, 0.3) is 10.9 Å². The minimum absolute atomic E-state index is 0.744. The van der Waals surface area contributed by atoms with Crippen molar-refractivity contribution in [3.8, 4) is 5.75 Å². The zero-order valence-corrected chi connectivity index (χ0v) is 14.7. The van der Waals surface area contributed by atoms with Crippen LogP contribution in [-0.2, 0) is 6.54 Å². The topological polar surface area (TPSA) is 38.2 Å². The number of nitrogens with zero attached hydrogens (tertiary/aromatic N) is 3. The van der Waals surface area contributed by atoms with Gasteiger partial charge in [-0.15, -0.1) is 0 Å². The molecular formula is C17H29N3O. The first kappa shape index (κ1) is 19.3. The van der Waals surface area contributed by atoms with E-state index in [0.29, 0.717) is 0 Å². The lowest BCUT2D eigenvalue weighted by Gasteiger charge is -2.10. The average molecular weight is 291 g/mol. The second-order valence-corrected chi connectivity index (χ2v) is 4.35. The number of aromatic nitrogens is 2. The average Bonchev–Trinajstić information content (AvgIpc) is 2.50. The summed E-state index contributed by atoms with van der Waals surface area (Å²) in [5.41, 5.74) is 1.95. The lowest BCUT2D eigenvalue weighted by molar-refractivity contribution is 0.390. The zero-order valence-electron chi connectivity index (χ0n) is 14.7. The van der Waals surface area contributed by atoms with Gasteiger partial charge in [0.2, 0.25) is 0 Å². The van der Waals surface area contributed by atoms with E-state index in [1.165, 1.54) is 0 Å². The molecule has 21 heavy (non-hydrogen) atoms. The predicted molar refractivity (Wildman–Crippen MR) is 90.9 cm³/mol. The smallest absolute Gasteiger partial charge is 0.143 e. The molecule has 0 aliphatic carbocycles. The van der Waals surface area contributed by atoms with Crippen molar-refractivity contribution in [2.24, 2.45) is 0 Å². The lowest BCUT2D eigenvalue weighted by Crippen LogP contribution is -2.13. The van der Waals surface area contributed by atoms with E-state index in [9.17, 15) is 0 Å². The van der Waals surface area contributed by atoms with E-state index in [4.69, 9.17) is 4.74 Å². The SMILES string of the molecule is CC.CC.COc1ccc2c(C)nc(CN(C)C)nc2c1. The molecular weight excluding hydrogens is 262 g/mol. The predicted octanol–water partition coefficient (Wildman–Crippen LogP) is 4.06. The van der Waals surface area contributed by atoms with Crippen LogP contribution in [0, 0.1) is 6.92 Å². The number of ether oxygens (including phenoxy) is 1. The van der Waals surface area contributed by atoms with E-state index >= 15 is 0 Å². The molecule has 0 amide bonds. The molecule has 2 rings (SSSR count). The molecule has 0 unspecified atom stereocenters. The Morgan fingerprint density at radius 3 is 2.19 bits per heavy atom. The van der Waals surface area contributed by atoms with Gasteiger partial charge in [-0.1, -0.05) is 27.7 Å². The molecule has 4 nitrogen and oxygen atoms in total. The van der Waals surface area contributed by atoms with Gasteiger partial charge in [-0.2, -0.15) is 0 Å². The Balaban J connectivity index is 0.000000921. The van der Waals surface area contributed by atoms with Crippen molar-refractivity contribution in [1.82, 2.24) is 14.9 Å². The maximum atomic E-state index is 5.21. The molecule has 4 heteroatoms. The van der Waals surface area contributed by atoms with Gasteiger partial charge in [-0.05, 0) is 33.2 Å². The Hall–Kier alpha value is -1.68. The maximum absolute atomic E-state index is 5.21. The van der Waals surface area contributed by atoms with Gasteiger partial charge in [0.15, 0.2) is 0 Å². The van der Waals surface area contributed by atoms with Crippen molar-refractivity contribution in [2.45, 2.75) is 41.2 Å². The minimum Gasteiger partial charge on any atom is -0.497 e. The van der Waals surface area contributed by atoms with Gasteiger partial charge in [-0.25, -0.2) is 9.97 Å². The minimum atomic E-state index is 0.744. The Bertz CT molecular complexity index is 539. The summed E-state index contributed by atoms with van der Waals surface area (Å²) in [6.45, 7) is 10.8. The number of aryl methyl sites for hydroxylation is 1. The van der Waals surface area contributed by atoms with Gasteiger partial charge in [0.25, 0.3) is 0 Å². The number of hydrogen-bond acceptors (Lipinski definition) is 4. The summed E-state index contributed by atoms with van der Waals surface area (Å²) in [4.78, 5) is 11.1. The monoisotopic (exact) mass is 291 g/mol. The first-order valence-electron chi connectivity index (χ1n) is 7.56. The maximum Gasteiger partial charge on any atom is 0.143 e. The highest BCUT2D eigenvalue weighted by Crippen LogP contribution is 2.21. The first-order chi connectivity index (χ1) is 10.1. The third-order valence-corrected chi connectivity index (χ3v) is 2.60. The Morgan fingerprint density at radius 2 is 1.67 bits per heavy atom. The van der Waals surface area contributed by atoms with Crippen LogP contribution in [0.15, 0.2) is 18.2 Å². The number of methoxy groups -OCH3 is 1. The molecule has 1 aromatic heterocycles. The summed E-state index contributed by atoms with van der Waals surface area (Å²) < 4.78 is 5.21. The van der Waals surface area contributed by atoms with Gasteiger partial charge in [0.05, 0.1) is 19.2 Å². The van der Waals surface area contributed by atoms with Gasteiger partial charge >= 0.3 is 0 Å². The third-order valence-electron chi connectivity index (χ3n) is 2.60. The number of benzene rings is 1. The second kappa shape index (κ2) is 10.1. The van der Waals surface area contributed by atoms with Crippen molar-refractivity contribution in [3.05, 3.63) is 29.7 Å². The summed E-state index contributed by atoms with van der Waals surface area (Å²) in [5, 5.41) is 1.08. The zero-order chi connectivity index (χ0) is 16.4. The van der Waals surface area contributed by atoms with E-state index in [0.717, 1.165) is 34.7 Å². The third kappa shape index (κ3) is 5.68. The van der Waals surface area contributed by atoms with Crippen LogP contribution >= 0.6 is 0 Å². The summed E-state index contributed by atoms with van der Waals surface area (Å²) in [5.74, 6) is 1.67. The van der Waals surface area contributed by atoms with E-state index in [-0.39, 0.29) is 0 Å². The second-order valence-electron chi connectivity index (χ2n) is 4.35. The molecule has 0 N–H and O–H groups in total. The molecule has 0 aliphatic heterocycles. The first-order valence-corrected chi connectivity index (χ1v) is 7.56. The van der Waals surface area contributed by atoms with E-state index in [1.54, 1.807) is 7.11 Å². The molecule has 0 aliphatic rings. The molecule has 0 bridgehead atoms. The molecule has 0 saturated carbocycles. The fourth-order valence-corrected chi connectivity index (χ4v) is 1.81. The van der Waals surface area contributed by atoms with Crippen LogP contribution in [0.1, 0.15) is 39.2 Å². The quantitative estimate of drug-likeness (QED) is 0.854. The molecule has 0 atom stereocenters. The normalized spacial score (nSPS) is 9.57. The summed E-state index contributed by atoms with van der Waals surface area (Å²) >= 11 is 0. The summed E-state index contributed by atoms with van der Waals surface area (Å²) in [7, 11) is 5.68. The Morgan fingerprint density at radius 1 is 1.05 bits per heavy atom. The van der Waals surface area contributed by atoms with Crippen molar-refractivity contribution in [1.29, 1.82) is 0 Å². The van der Waals surface area contributed by atoms with E-state index < -0.39 is 0 Å². The van der Waals surface area contributed by atoms with Gasteiger partial charge in [-0.3, -0.25) is 0 Å². The van der Waals surface area contributed by atoms with Crippen molar-refractivity contribution in [3.63, 3.8) is 0 Å². The van der Waals surface area contributed by atoms with Crippen molar-refractivity contribution < 1.29 is 4.74 Å². The molecule has 2 aromatic rings. The molecule has 0 fully saturated rings. The highest BCUT2D eigenvalue weighted by molar-refractivity contribution is 5.82. The molecule has 0 saturated heterocycles. The van der Waals surface area contributed by atoms with Gasteiger partial charge < -0.3 is 9.64 Å². The largest absolute Gasteiger partial charge is 0.497 e. The Labute approximate surface area is 129 Å². The highest BCUT2D eigenvalue weighted by Gasteiger charge is 2.06. The molecule has 0 radical (unpaired) electrons. The van der Waals surface area contributed by atoms with Crippen LogP contribution < -0.4 is 4.74 Å². The van der Waals surface area contributed by atoms with Crippen LogP contribution in [0.2, 0.25) is 0 Å². The summed E-state index contributed by atoms with van der Waals surface area (Å²) in [6.07, 6.45) is 0. The van der Waals surface area contributed by atoms with E-state index in [1.807, 2.05) is 66.9 Å². The molecule has 1 aromatic carbocycles.